The average Bonchev–Trinajstić information content (AvgIpc) is 2.74. The molecule has 0 aliphatic rings. The molecule has 156 valence electrons. The van der Waals surface area contributed by atoms with Crippen molar-refractivity contribution in [3.63, 3.8) is 0 Å². The Morgan fingerprint density at radius 3 is 2.38 bits per heavy atom. The van der Waals surface area contributed by atoms with Crippen molar-refractivity contribution in [1.82, 2.24) is 4.90 Å². The summed E-state index contributed by atoms with van der Waals surface area (Å²) < 4.78 is 8.03. The van der Waals surface area contributed by atoms with Crippen molar-refractivity contribution in [1.29, 1.82) is 0 Å². The molecule has 2 aromatic rings. The van der Waals surface area contributed by atoms with Gasteiger partial charge in [-0.05, 0) is 0 Å². The average molecular weight is 459 g/mol. The van der Waals surface area contributed by atoms with Gasteiger partial charge in [0, 0.05) is 0 Å². The normalized spacial score (nSPS) is 10.5. The summed E-state index contributed by atoms with van der Waals surface area (Å²) in [5, 5.41) is 0. The first kappa shape index (κ1) is 23.1. The SMILES string of the molecule is C=CCOc1ccc(C(=O)N(CC)CC)c([Se]c2cccc(N(CC)CC)c2)c1. The van der Waals surface area contributed by atoms with Crippen LogP contribution in [0.5, 0.6) is 5.75 Å². The van der Waals surface area contributed by atoms with Crippen molar-refractivity contribution in [3.05, 3.63) is 60.7 Å². The third kappa shape index (κ3) is 6.12. The molecule has 2 rings (SSSR count). The van der Waals surface area contributed by atoms with Crippen LogP contribution in [-0.2, 0) is 0 Å². The Kier molecular flexibility index (Phi) is 9.30. The van der Waals surface area contributed by atoms with E-state index in [9.17, 15) is 4.79 Å². The molecule has 0 heterocycles. The van der Waals surface area contributed by atoms with E-state index in [1.54, 1.807) is 6.08 Å². The molecule has 0 saturated heterocycles. The van der Waals surface area contributed by atoms with Crippen molar-refractivity contribution in [2.45, 2.75) is 27.7 Å². The predicted octanol–water partition coefficient (Wildman–Crippen LogP) is 3.23. The Morgan fingerprint density at radius 2 is 1.76 bits per heavy atom. The van der Waals surface area contributed by atoms with Crippen molar-refractivity contribution >= 4 is 35.5 Å². The summed E-state index contributed by atoms with van der Waals surface area (Å²) >= 11 is -0.00510. The molecule has 5 heteroatoms. The molecule has 0 bridgehead atoms. The van der Waals surface area contributed by atoms with Crippen LogP contribution in [0.15, 0.2) is 55.1 Å². The van der Waals surface area contributed by atoms with E-state index in [0.29, 0.717) is 19.7 Å². The fraction of sp³-hybridized carbons (Fsp3) is 0.375. The van der Waals surface area contributed by atoms with Gasteiger partial charge in [0.05, 0.1) is 0 Å². The van der Waals surface area contributed by atoms with Crippen LogP contribution in [0.3, 0.4) is 0 Å². The van der Waals surface area contributed by atoms with Gasteiger partial charge in [0.15, 0.2) is 0 Å². The van der Waals surface area contributed by atoms with Crippen LogP contribution in [0.2, 0.25) is 0 Å². The number of carbonyl (C=O) groups is 1. The summed E-state index contributed by atoms with van der Waals surface area (Å²) in [6.45, 7) is 15.9. The molecule has 4 nitrogen and oxygen atoms in total. The van der Waals surface area contributed by atoms with Gasteiger partial charge in [0.2, 0.25) is 0 Å². The van der Waals surface area contributed by atoms with Gasteiger partial charge in [-0.3, -0.25) is 0 Å². The molecular weight excluding hydrogens is 427 g/mol. The van der Waals surface area contributed by atoms with E-state index in [-0.39, 0.29) is 20.9 Å². The molecule has 0 fully saturated rings. The Morgan fingerprint density at radius 1 is 1.03 bits per heavy atom. The van der Waals surface area contributed by atoms with E-state index in [2.05, 4.69) is 49.6 Å². The summed E-state index contributed by atoms with van der Waals surface area (Å²) in [6, 6.07) is 14.5. The van der Waals surface area contributed by atoms with Gasteiger partial charge in [-0.2, -0.15) is 0 Å². The number of benzene rings is 2. The summed E-state index contributed by atoms with van der Waals surface area (Å²) in [7, 11) is 0. The van der Waals surface area contributed by atoms with E-state index < -0.39 is 0 Å². The van der Waals surface area contributed by atoms with Gasteiger partial charge in [0.1, 0.15) is 0 Å². The molecule has 1 amide bonds. The number of nitrogens with zero attached hydrogens (tertiary/aromatic N) is 2. The number of anilines is 1. The number of hydrogen-bond acceptors (Lipinski definition) is 3. The standard InChI is InChI=1S/C24H32N2O2Se/c1-6-16-28-20-14-15-22(24(27)26(9-4)10-5)23(18-20)29-21-13-11-12-19(17-21)25(7-2)8-3/h6,11-15,17-18H,1,7-10,16H2,2-5H3. The maximum atomic E-state index is 13.1. The minimum atomic E-state index is -0.00510. The molecule has 0 N–H and O–H groups in total. The first-order valence-electron chi connectivity index (χ1n) is 10.3. The molecular formula is C24H32N2O2Se. The van der Waals surface area contributed by atoms with Gasteiger partial charge in [-0.1, -0.05) is 0 Å². The van der Waals surface area contributed by atoms with Crippen LogP contribution in [-0.4, -0.2) is 58.5 Å². The van der Waals surface area contributed by atoms with Crippen molar-refractivity contribution < 1.29 is 9.53 Å². The fourth-order valence-corrected chi connectivity index (χ4v) is 5.29. The molecule has 29 heavy (non-hydrogen) atoms. The second-order valence-electron chi connectivity index (χ2n) is 6.51. The Labute approximate surface area is 181 Å². The molecule has 0 unspecified atom stereocenters. The zero-order chi connectivity index (χ0) is 21.2. The van der Waals surface area contributed by atoms with Crippen molar-refractivity contribution in [2.75, 3.05) is 37.7 Å². The quantitative estimate of drug-likeness (QED) is 0.382. The minimum absolute atomic E-state index is 0.00510. The monoisotopic (exact) mass is 460 g/mol. The van der Waals surface area contributed by atoms with E-state index in [0.717, 1.165) is 28.9 Å². The van der Waals surface area contributed by atoms with Gasteiger partial charge >= 0.3 is 182 Å². The molecule has 0 spiro atoms. The zero-order valence-corrected chi connectivity index (χ0v) is 19.7. The summed E-state index contributed by atoms with van der Waals surface area (Å²) in [5.74, 6) is 0.861. The molecule has 0 aromatic heterocycles. The third-order valence-corrected chi connectivity index (χ3v) is 6.97. The molecule has 0 aliphatic carbocycles. The second kappa shape index (κ2) is 11.7. The zero-order valence-electron chi connectivity index (χ0n) is 18.0. The number of amides is 1. The van der Waals surface area contributed by atoms with E-state index in [1.807, 2.05) is 36.9 Å². The predicted molar refractivity (Wildman–Crippen MR) is 124 cm³/mol. The maximum absolute atomic E-state index is 13.1. The molecule has 2 aromatic carbocycles. The Hall–Kier alpha value is -2.23. The van der Waals surface area contributed by atoms with Crippen LogP contribution >= 0.6 is 0 Å². The van der Waals surface area contributed by atoms with Crippen LogP contribution in [0, 0.1) is 0 Å². The number of hydrogen-bond donors (Lipinski definition) is 0. The second-order valence-corrected chi connectivity index (χ2v) is 8.85. The molecule has 0 aliphatic heterocycles. The van der Waals surface area contributed by atoms with Gasteiger partial charge in [-0.25, -0.2) is 0 Å². The number of carbonyl (C=O) groups excluding carboxylic acids is 1. The van der Waals surface area contributed by atoms with Crippen LogP contribution in [0.25, 0.3) is 0 Å². The van der Waals surface area contributed by atoms with E-state index in [1.165, 1.54) is 10.1 Å². The fourth-order valence-electron chi connectivity index (χ4n) is 3.15. The topological polar surface area (TPSA) is 32.8 Å². The van der Waals surface area contributed by atoms with E-state index >= 15 is 0 Å². The van der Waals surface area contributed by atoms with Gasteiger partial charge in [0.25, 0.3) is 0 Å². The summed E-state index contributed by atoms with van der Waals surface area (Å²) in [5.41, 5.74) is 2.00. The summed E-state index contributed by atoms with van der Waals surface area (Å²) in [6.07, 6.45) is 1.73. The molecule has 0 saturated carbocycles. The van der Waals surface area contributed by atoms with Crippen molar-refractivity contribution in [3.8, 4) is 5.75 Å². The van der Waals surface area contributed by atoms with Gasteiger partial charge in [-0.15, -0.1) is 0 Å². The Bertz CT molecular complexity index is 814. The first-order valence-corrected chi connectivity index (χ1v) is 12.0. The summed E-state index contributed by atoms with van der Waals surface area (Å²) in [4.78, 5) is 17.3. The first-order chi connectivity index (χ1) is 14.1. The number of ether oxygens (including phenoxy) is 1. The molecule has 0 radical (unpaired) electrons. The molecule has 0 atom stereocenters. The van der Waals surface area contributed by atoms with Crippen LogP contribution < -0.4 is 18.6 Å². The van der Waals surface area contributed by atoms with Gasteiger partial charge < -0.3 is 0 Å². The Balaban J connectivity index is 2.41. The number of rotatable bonds is 11. The third-order valence-electron chi connectivity index (χ3n) is 4.78. The van der Waals surface area contributed by atoms with Crippen LogP contribution in [0.1, 0.15) is 38.1 Å². The van der Waals surface area contributed by atoms with Crippen LogP contribution in [0.4, 0.5) is 5.69 Å². The van der Waals surface area contributed by atoms with E-state index in [4.69, 9.17) is 4.74 Å². The van der Waals surface area contributed by atoms with Crippen molar-refractivity contribution in [2.24, 2.45) is 0 Å².